The van der Waals surface area contributed by atoms with Crippen molar-refractivity contribution in [2.24, 2.45) is 5.92 Å². The van der Waals surface area contributed by atoms with Gasteiger partial charge in [-0.2, -0.15) is 0 Å². The van der Waals surface area contributed by atoms with Gasteiger partial charge in [-0.15, -0.1) is 0 Å². The molecule has 2 unspecified atom stereocenters. The minimum atomic E-state index is -0.00453. The second-order valence-corrected chi connectivity index (χ2v) is 7.44. The molecule has 1 aliphatic heterocycles. The van der Waals surface area contributed by atoms with E-state index in [0.717, 1.165) is 18.9 Å². The maximum absolute atomic E-state index is 5.56. The van der Waals surface area contributed by atoms with E-state index in [1.807, 2.05) is 7.11 Å². The third-order valence-electron chi connectivity index (χ3n) is 5.28. The molecule has 2 aliphatic rings. The molecule has 1 aliphatic carbocycles. The molecule has 0 radical (unpaired) electrons. The van der Waals surface area contributed by atoms with Crippen molar-refractivity contribution >= 4 is 0 Å². The third-order valence-corrected chi connectivity index (χ3v) is 5.28. The average molecular weight is 268 g/mol. The average Bonchev–Trinajstić information content (AvgIpc) is 3.18. The van der Waals surface area contributed by atoms with Crippen LogP contribution in [0.1, 0.15) is 53.4 Å². The van der Waals surface area contributed by atoms with Crippen molar-refractivity contribution < 1.29 is 4.74 Å². The minimum Gasteiger partial charge on any atom is -0.379 e. The number of methoxy groups -OCH3 is 1. The SMILES string of the molecule is COC(C)(C)CCN1CC(C)(C2CC2)NCCC1C. The van der Waals surface area contributed by atoms with Crippen LogP contribution in [-0.2, 0) is 4.74 Å². The summed E-state index contributed by atoms with van der Waals surface area (Å²) in [4.78, 5) is 2.68. The maximum atomic E-state index is 5.56. The van der Waals surface area contributed by atoms with E-state index in [1.54, 1.807) is 0 Å². The molecule has 19 heavy (non-hydrogen) atoms. The van der Waals surface area contributed by atoms with Crippen molar-refractivity contribution in [1.82, 2.24) is 10.2 Å². The molecule has 0 bridgehead atoms. The van der Waals surface area contributed by atoms with Gasteiger partial charge in [0.25, 0.3) is 0 Å². The Kier molecular flexibility index (Phi) is 4.59. The lowest BCUT2D eigenvalue weighted by molar-refractivity contribution is 0.00268. The Morgan fingerprint density at radius 1 is 1.32 bits per heavy atom. The molecule has 1 saturated carbocycles. The maximum Gasteiger partial charge on any atom is 0.0634 e. The van der Waals surface area contributed by atoms with E-state index >= 15 is 0 Å². The first-order chi connectivity index (χ1) is 8.86. The summed E-state index contributed by atoms with van der Waals surface area (Å²) in [6, 6.07) is 0.681. The van der Waals surface area contributed by atoms with Crippen molar-refractivity contribution in [2.75, 3.05) is 26.7 Å². The summed E-state index contributed by atoms with van der Waals surface area (Å²) in [7, 11) is 1.82. The van der Waals surface area contributed by atoms with Crippen molar-refractivity contribution in [3.05, 3.63) is 0 Å². The van der Waals surface area contributed by atoms with Gasteiger partial charge in [0.05, 0.1) is 5.60 Å². The van der Waals surface area contributed by atoms with Crippen LogP contribution in [0, 0.1) is 5.92 Å². The molecule has 0 spiro atoms. The molecule has 1 heterocycles. The van der Waals surface area contributed by atoms with Gasteiger partial charge in [-0.25, -0.2) is 0 Å². The van der Waals surface area contributed by atoms with E-state index in [4.69, 9.17) is 4.74 Å². The van der Waals surface area contributed by atoms with E-state index in [2.05, 4.69) is 37.9 Å². The highest BCUT2D eigenvalue weighted by Crippen LogP contribution is 2.41. The molecule has 1 saturated heterocycles. The van der Waals surface area contributed by atoms with Gasteiger partial charge in [0, 0.05) is 31.8 Å². The van der Waals surface area contributed by atoms with Crippen LogP contribution in [0.4, 0.5) is 0 Å². The molecule has 0 amide bonds. The van der Waals surface area contributed by atoms with Crippen LogP contribution < -0.4 is 5.32 Å². The van der Waals surface area contributed by atoms with Crippen LogP contribution >= 0.6 is 0 Å². The standard InChI is InChI=1S/C16H32N2O/c1-13-8-10-17-16(4,14-6-7-14)12-18(13)11-9-15(2,3)19-5/h13-14,17H,6-12H2,1-5H3. The van der Waals surface area contributed by atoms with E-state index in [0.29, 0.717) is 11.6 Å². The van der Waals surface area contributed by atoms with Crippen LogP contribution in [0.3, 0.4) is 0 Å². The van der Waals surface area contributed by atoms with Crippen molar-refractivity contribution in [3.8, 4) is 0 Å². The topological polar surface area (TPSA) is 24.5 Å². The van der Waals surface area contributed by atoms with Gasteiger partial charge in [-0.1, -0.05) is 0 Å². The first kappa shape index (κ1) is 15.3. The van der Waals surface area contributed by atoms with E-state index in [9.17, 15) is 0 Å². The molecule has 0 aromatic carbocycles. The first-order valence-corrected chi connectivity index (χ1v) is 7.90. The second kappa shape index (κ2) is 5.71. The fraction of sp³-hybridized carbons (Fsp3) is 1.00. The zero-order valence-electron chi connectivity index (χ0n) is 13.5. The fourth-order valence-electron chi connectivity index (χ4n) is 3.19. The van der Waals surface area contributed by atoms with E-state index in [1.165, 1.54) is 32.4 Å². The zero-order chi connectivity index (χ0) is 14.1. The van der Waals surface area contributed by atoms with Crippen LogP contribution in [0.25, 0.3) is 0 Å². The fourth-order valence-corrected chi connectivity index (χ4v) is 3.19. The second-order valence-electron chi connectivity index (χ2n) is 7.44. The summed E-state index contributed by atoms with van der Waals surface area (Å²) in [5, 5.41) is 3.82. The lowest BCUT2D eigenvalue weighted by atomic mass is 9.94. The summed E-state index contributed by atoms with van der Waals surface area (Å²) < 4.78 is 5.56. The highest BCUT2D eigenvalue weighted by molar-refractivity contribution is 5.02. The molecular weight excluding hydrogens is 236 g/mol. The number of nitrogens with one attached hydrogen (secondary N) is 1. The number of rotatable bonds is 5. The number of ether oxygens (including phenoxy) is 1. The summed E-state index contributed by atoms with van der Waals surface area (Å²) in [6.07, 6.45) is 5.19. The predicted octanol–water partition coefficient (Wildman–Crippen LogP) is 2.65. The molecule has 112 valence electrons. The zero-order valence-corrected chi connectivity index (χ0v) is 13.5. The first-order valence-electron chi connectivity index (χ1n) is 7.90. The Labute approximate surface area is 119 Å². The lowest BCUT2D eigenvalue weighted by Gasteiger charge is -2.37. The highest BCUT2D eigenvalue weighted by atomic mass is 16.5. The molecule has 2 atom stereocenters. The largest absolute Gasteiger partial charge is 0.379 e. The Hall–Kier alpha value is -0.120. The van der Waals surface area contributed by atoms with Gasteiger partial charge in [0.2, 0.25) is 0 Å². The molecule has 1 N–H and O–H groups in total. The number of hydrogen-bond donors (Lipinski definition) is 1. The van der Waals surface area contributed by atoms with E-state index < -0.39 is 0 Å². The lowest BCUT2D eigenvalue weighted by Crippen LogP contribution is -2.52. The smallest absolute Gasteiger partial charge is 0.0634 e. The third kappa shape index (κ3) is 3.93. The van der Waals surface area contributed by atoms with Gasteiger partial charge >= 0.3 is 0 Å². The van der Waals surface area contributed by atoms with Gasteiger partial charge in [0.15, 0.2) is 0 Å². The molecule has 2 rings (SSSR count). The van der Waals surface area contributed by atoms with Crippen LogP contribution in [0.2, 0.25) is 0 Å². The van der Waals surface area contributed by atoms with Crippen LogP contribution in [0.5, 0.6) is 0 Å². The van der Waals surface area contributed by atoms with Crippen molar-refractivity contribution in [2.45, 2.75) is 70.6 Å². The van der Waals surface area contributed by atoms with Gasteiger partial charge in [-0.3, -0.25) is 4.90 Å². The summed E-state index contributed by atoms with van der Waals surface area (Å²) >= 11 is 0. The molecule has 2 fully saturated rings. The van der Waals surface area contributed by atoms with Crippen molar-refractivity contribution in [3.63, 3.8) is 0 Å². The van der Waals surface area contributed by atoms with Gasteiger partial charge < -0.3 is 10.1 Å². The molecule has 3 nitrogen and oxygen atoms in total. The van der Waals surface area contributed by atoms with E-state index in [-0.39, 0.29) is 5.60 Å². The van der Waals surface area contributed by atoms with Gasteiger partial charge in [-0.05, 0) is 65.8 Å². The summed E-state index contributed by atoms with van der Waals surface area (Å²) in [5.41, 5.74) is 0.331. The van der Waals surface area contributed by atoms with Crippen molar-refractivity contribution in [1.29, 1.82) is 0 Å². The monoisotopic (exact) mass is 268 g/mol. The minimum absolute atomic E-state index is 0.00453. The Morgan fingerprint density at radius 3 is 2.58 bits per heavy atom. The molecule has 0 aromatic heterocycles. The predicted molar refractivity (Wildman–Crippen MR) is 80.5 cm³/mol. The van der Waals surface area contributed by atoms with Crippen LogP contribution in [0.15, 0.2) is 0 Å². The molecule has 3 heteroatoms. The summed E-state index contributed by atoms with van der Waals surface area (Å²) in [6.45, 7) is 12.7. The highest BCUT2D eigenvalue weighted by Gasteiger charge is 2.43. The normalized spacial score (nSPS) is 34.3. The Morgan fingerprint density at radius 2 is 2.00 bits per heavy atom. The Bertz CT molecular complexity index is 301. The molecular formula is C16H32N2O. The quantitative estimate of drug-likeness (QED) is 0.829. The number of nitrogens with zero attached hydrogens (tertiary/aromatic N) is 1. The van der Waals surface area contributed by atoms with Crippen LogP contribution in [-0.4, -0.2) is 48.8 Å². The van der Waals surface area contributed by atoms with Gasteiger partial charge in [0.1, 0.15) is 0 Å². The Balaban J connectivity index is 1.95. The molecule has 0 aromatic rings. The summed E-state index contributed by atoms with van der Waals surface area (Å²) in [5.74, 6) is 0.899. The number of hydrogen-bond acceptors (Lipinski definition) is 3.